The molecule has 2 nitrogen and oxygen atoms in total. The van der Waals surface area contributed by atoms with Crippen molar-refractivity contribution in [3.05, 3.63) is 20.5 Å². The highest BCUT2D eigenvalue weighted by Gasteiger charge is 2.09. The third-order valence-electron chi connectivity index (χ3n) is 0.888. The van der Waals surface area contributed by atoms with Crippen LogP contribution in [0.3, 0.4) is 0 Å². The van der Waals surface area contributed by atoms with Crippen LogP contribution in [-0.4, -0.2) is 5.91 Å². The number of rotatable bonds is 1. The van der Waals surface area contributed by atoms with Crippen molar-refractivity contribution in [3.63, 3.8) is 0 Å². The van der Waals surface area contributed by atoms with Crippen LogP contribution in [-0.2, 0) is 0 Å². The van der Waals surface area contributed by atoms with Crippen molar-refractivity contribution in [2.75, 3.05) is 0 Å². The summed E-state index contributed by atoms with van der Waals surface area (Å²) < 4.78 is 12.7. The number of primary amides is 1. The van der Waals surface area contributed by atoms with Gasteiger partial charge in [-0.25, -0.2) is 0 Å². The summed E-state index contributed by atoms with van der Waals surface area (Å²) in [5, 5.41) is -0.422. The smallest absolute Gasteiger partial charge is 0.258 e. The van der Waals surface area contributed by atoms with Gasteiger partial charge < -0.3 is 5.73 Å². The number of halogens is 2. The van der Waals surface area contributed by atoms with Crippen LogP contribution in [0.4, 0.5) is 4.39 Å². The normalized spacial score (nSPS) is 9.80. The second kappa shape index (κ2) is 2.67. The van der Waals surface area contributed by atoms with Crippen molar-refractivity contribution in [1.29, 1.82) is 0 Å². The van der Waals surface area contributed by atoms with Crippen LogP contribution >= 0.6 is 27.3 Å². The Hall–Kier alpha value is -0.420. The molecule has 0 aliphatic heterocycles. The van der Waals surface area contributed by atoms with E-state index in [4.69, 9.17) is 5.73 Å². The van der Waals surface area contributed by atoms with E-state index in [9.17, 15) is 9.18 Å². The van der Waals surface area contributed by atoms with E-state index in [0.717, 1.165) is 11.3 Å². The van der Waals surface area contributed by atoms with Gasteiger partial charge in [0.25, 0.3) is 5.91 Å². The molecule has 0 saturated heterocycles. The Kier molecular flexibility index (Phi) is 2.05. The fraction of sp³-hybridized carbons (Fsp3) is 0. The summed E-state index contributed by atoms with van der Waals surface area (Å²) in [5.74, 6) is -0.602. The Labute approximate surface area is 69.0 Å². The monoisotopic (exact) mass is 223 g/mol. The van der Waals surface area contributed by atoms with E-state index in [2.05, 4.69) is 15.9 Å². The van der Waals surface area contributed by atoms with Crippen LogP contribution in [0.1, 0.15) is 9.67 Å². The first-order valence-corrected chi connectivity index (χ1v) is 3.97. The van der Waals surface area contributed by atoms with E-state index in [1.165, 1.54) is 6.07 Å². The first kappa shape index (κ1) is 7.68. The number of hydrogen-bond donors (Lipinski definition) is 1. The largest absolute Gasteiger partial charge is 0.365 e. The van der Waals surface area contributed by atoms with Gasteiger partial charge in [0.15, 0.2) is 5.13 Å². The molecule has 10 heavy (non-hydrogen) atoms. The van der Waals surface area contributed by atoms with Crippen LogP contribution < -0.4 is 5.73 Å². The first-order chi connectivity index (χ1) is 4.61. The number of nitrogens with two attached hydrogens (primary N) is 1. The quantitative estimate of drug-likeness (QED) is 0.775. The average Bonchev–Trinajstić information content (AvgIpc) is 2.13. The molecule has 1 amide bonds. The maximum Gasteiger partial charge on any atom is 0.258 e. The molecule has 1 aromatic heterocycles. The lowest BCUT2D eigenvalue weighted by molar-refractivity contribution is 0.100. The lowest BCUT2D eigenvalue weighted by Crippen LogP contribution is -2.08. The van der Waals surface area contributed by atoms with Crippen LogP contribution in [0.5, 0.6) is 0 Å². The zero-order chi connectivity index (χ0) is 7.72. The standard InChI is InChI=1S/C5H3BrFNOS/c6-2-1-3(5(8)9)10-4(2)7/h1H,(H2,8,9). The van der Waals surface area contributed by atoms with E-state index in [0.29, 0.717) is 0 Å². The lowest BCUT2D eigenvalue weighted by Gasteiger charge is -1.80. The highest BCUT2D eigenvalue weighted by Crippen LogP contribution is 2.24. The molecule has 2 N–H and O–H groups in total. The molecule has 1 heterocycles. The van der Waals surface area contributed by atoms with Crippen molar-refractivity contribution < 1.29 is 9.18 Å². The molecule has 0 spiro atoms. The second-order valence-corrected chi connectivity index (χ2v) is 3.45. The second-order valence-electron chi connectivity index (χ2n) is 1.60. The minimum atomic E-state index is -0.602. The van der Waals surface area contributed by atoms with Crippen LogP contribution in [0, 0.1) is 5.13 Å². The molecule has 0 aliphatic carbocycles. The lowest BCUT2D eigenvalue weighted by atomic mass is 10.5. The summed E-state index contributed by atoms with van der Waals surface area (Å²) in [6, 6.07) is 1.36. The van der Waals surface area contributed by atoms with Crippen molar-refractivity contribution in [2.24, 2.45) is 5.73 Å². The number of hydrogen-bond acceptors (Lipinski definition) is 2. The summed E-state index contributed by atoms with van der Waals surface area (Å²) in [7, 11) is 0. The molecule has 54 valence electrons. The summed E-state index contributed by atoms with van der Waals surface area (Å²) in [5.41, 5.74) is 4.88. The third kappa shape index (κ3) is 1.35. The first-order valence-electron chi connectivity index (χ1n) is 2.36. The molecule has 0 bridgehead atoms. The Morgan fingerprint density at radius 1 is 1.80 bits per heavy atom. The Morgan fingerprint density at radius 2 is 2.40 bits per heavy atom. The van der Waals surface area contributed by atoms with Crippen molar-refractivity contribution >= 4 is 33.2 Å². The summed E-state index contributed by atoms with van der Waals surface area (Å²) in [4.78, 5) is 10.6. The van der Waals surface area contributed by atoms with E-state index in [1.807, 2.05) is 0 Å². The van der Waals surface area contributed by atoms with E-state index in [-0.39, 0.29) is 9.35 Å². The van der Waals surface area contributed by atoms with E-state index < -0.39 is 11.0 Å². The zero-order valence-electron chi connectivity index (χ0n) is 4.73. The Balaban J connectivity index is 3.10. The van der Waals surface area contributed by atoms with Gasteiger partial charge in [0.2, 0.25) is 0 Å². The Bertz CT molecular complexity index is 253. The van der Waals surface area contributed by atoms with Gasteiger partial charge in [-0.1, -0.05) is 11.3 Å². The Morgan fingerprint density at radius 3 is 2.60 bits per heavy atom. The molecule has 0 aliphatic rings. The molecular weight excluding hydrogens is 221 g/mol. The maximum atomic E-state index is 12.5. The molecular formula is C5H3BrFNOS. The SMILES string of the molecule is NC(=O)c1cc(Br)c(F)s1. The fourth-order valence-electron chi connectivity index (χ4n) is 0.468. The topological polar surface area (TPSA) is 43.1 Å². The van der Waals surface area contributed by atoms with Gasteiger partial charge in [0, 0.05) is 0 Å². The van der Waals surface area contributed by atoms with Crippen molar-refractivity contribution in [1.82, 2.24) is 0 Å². The van der Waals surface area contributed by atoms with E-state index in [1.54, 1.807) is 0 Å². The minimum Gasteiger partial charge on any atom is -0.365 e. The van der Waals surface area contributed by atoms with Crippen LogP contribution in [0.15, 0.2) is 10.5 Å². The fourth-order valence-corrected chi connectivity index (χ4v) is 1.72. The van der Waals surface area contributed by atoms with Gasteiger partial charge in [0.05, 0.1) is 9.35 Å². The molecule has 0 radical (unpaired) electrons. The zero-order valence-corrected chi connectivity index (χ0v) is 7.13. The van der Waals surface area contributed by atoms with E-state index >= 15 is 0 Å². The molecule has 0 fully saturated rings. The van der Waals surface area contributed by atoms with Gasteiger partial charge in [-0.3, -0.25) is 4.79 Å². The summed E-state index contributed by atoms with van der Waals surface area (Å²) in [6.07, 6.45) is 0. The predicted molar refractivity (Wildman–Crippen MR) is 40.5 cm³/mol. The number of carbonyl (C=O) groups excluding carboxylic acids is 1. The van der Waals surface area contributed by atoms with Gasteiger partial charge >= 0.3 is 0 Å². The average molecular weight is 224 g/mol. The van der Waals surface area contributed by atoms with Crippen LogP contribution in [0.25, 0.3) is 0 Å². The number of thiophene rings is 1. The highest BCUT2D eigenvalue weighted by atomic mass is 79.9. The summed E-state index contributed by atoms with van der Waals surface area (Å²) in [6.45, 7) is 0. The van der Waals surface area contributed by atoms with Crippen molar-refractivity contribution in [3.8, 4) is 0 Å². The van der Waals surface area contributed by atoms with Gasteiger partial charge in [0.1, 0.15) is 0 Å². The van der Waals surface area contributed by atoms with Gasteiger partial charge in [-0.15, -0.1) is 0 Å². The molecule has 0 saturated carbocycles. The molecule has 0 atom stereocenters. The molecule has 0 aromatic carbocycles. The van der Waals surface area contributed by atoms with Gasteiger partial charge in [-0.05, 0) is 22.0 Å². The highest BCUT2D eigenvalue weighted by molar-refractivity contribution is 9.10. The molecule has 1 aromatic rings. The maximum absolute atomic E-state index is 12.5. The summed E-state index contributed by atoms with van der Waals surface area (Å²) >= 11 is 3.65. The van der Waals surface area contributed by atoms with Crippen LogP contribution in [0.2, 0.25) is 0 Å². The number of carbonyl (C=O) groups is 1. The minimum absolute atomic E-state index is 0.226. The third-order valence-corrected chi connectivity index (χ3v) is 2.67. The number of amides is 1. The predicted octanol–water partition coefficient (Wildman–Crippen LogP) is 1.75. The molecule has 1 rings (SSSR count). The molecule has 5 heteroatoms. The molecule has 0 unspecified atom stereocenters. The van der Waals surface area contributed by atoms with Gasteiger partial charge in [-0.2, -0.15) is 4.39 Å². The van der Waals surface area contributed by atoms with Crippen molar-refractivity contribution in [2.45, 2.75) is 0 Å².